The molecule has 0 aliphatic carbocycles. The number of hydrogen-bond acceptors (Lipinski definition) is 2. The monoisotopic (exact) mass is 197 g/mol. The number of nitrogens with one attached hydrogen (secondary N) is 1. The molecule has 0 saturated carbocycles. The molecule has 0 amide bonds. The van der Waals surface area contributed by atoms with Crippen LogP contribution in [-0.4, -0.2) is 25.3 Å². The van der Waals surface area contributed by atoms with Crippen molar-refractivity contribution < 1.29 is 4.74 Å². The zero-order chi connectivity index (χ0) is 10.2. The molecule has 0 radical (unpaired) electrons. The van der Waals surface area contributed by atoms with Crippen LogP contribution in [0.4, 0.5) is 0 Å². The predicted molar refractivity (Wildman–Crippen MR) is 60.5 cm³/mol. The Morgan fingerprint density at radius 1 is 1.36 bits per heavy atom. The van der Waals surface area contributed by atoms with Crippen LogP contribution in [0.25, 0.3) is 0 Å². The molecule has 1 aliphatic heterocycles. The molecule has 2 nitrogen and oxygen atoms in total. The van der Waals surface area contributed by atoms with Gasteiger partial charge in [0.25, 0.3) is 0 Å². The predicted octanol–water partition coefficient (Wildman–Crippen LogP) is 2.50. The van der Waals surface area contributed by atoms with Gasteiger partial charge in [-0.05, 0) is 45.7 Å². The van der Waals surface area contributed by atoms with Crippen LogP contribution in [0.2, 0.25) is 0 Å². The van der Waals surface area contributed by atoms with Crippen LogP contribution in [-0.2, 0) is 4.74 Å². The molecule has 1 saturated heterocycles. The number of rotatable bonds is 6. The smallest absolute Gasteiger partial charge is 0.0614 e. The first-order valence-corrected chi connectivity index (χ1v) is 5.84. The summed E-state index contributed by atoms with van der Waals surface area (Å²) in [5.41, 5.74) is 0. The highest BCUT2D eigenvalue weighted by Gasteiger charge is 2.19. The Morgan fingerprint density at radius 2 is 2.21 bits per heavy atom. The SMILES string of the molecule is CCNCC/C=C/CC1CCC(C)O1. The van der Waals surface area contributed by atoms with Gasteiger partial charge < -0.3 is 10.1 Å². The van der Waals surface area contributed by atoms with E-state index in [0.29, 0.717) is 12.2 Å². The lowest BCUT2D eigenvalue weighted by Crippen LogP contribution is -2.13. The second-order valence-electron chi connectivity index (χ2n) is 4.00. The molecule has 2 heteroatoms. The molecule has 1 N–H and O–H groups in total. The highest BCUT2D eigenvalue weighted by atomic mass is 16.5. The number of hydrogen-bond donors (Lipinski definition) is 1. The average Bonchev–Trinajstić information content (AvgIpc) is 2.58. The molecule has 0 aromatic carbocycles. The summed E-state index contributed by atoms with van der Waals surface area (Å²) in [6.45, 7) is 6.46. The Morgan fingerprint density at radius 3 is 2.86 bits per heavy atom. The summed E-state index contributed by atoms with van der Waals surface area (Å²) in [7, 11) is 0. The van der Waals surface area contributed by atoms with Crippen molar-refractivity contribution in [2.24, 2.45) is 0 Å². The summed E-state index contributed by atoms with van der Waals surface area (Å²) in [5.74, 6) is 0. The molecule has 1 fully saturated rings. The summed E-state index contributed by atoms with van der Waals surface area (Å²) >= 11 is 0. The highest BCUT2D eigenvalue weighted by molar-refractivity contribution is 4.86. The van der Waals surface area contributed by atoms with Gasteiger partial charge in [-0.1, -0.05) is 19.1 Å². The zero-order valence-electron chi connectivity index (χ0n) is 9.46. The first-order valence-electron chi connectivity index (χ1n) is 5.84. The molecule has 0 bridgehead atoms. The number of ether oxygens (including phenoxy) is 1. The van der Waals surface area contributed by atoms with Crippen molar-refractivity contribution in [2.75, 3.05) is 13.1 Å². The van der Waals surface area contributed by atoms with E-state index in [-0.39, 0.29) is 0 Å². The van der Waals surface area contributed by atoms with E-state index in [1.165, 1.54) is 12.8 Å². The molecule has 1 heterocycles. The third-order valence-corrected chi connectivity index (χ3v) is 2.62. The largest absolute Gasteiger partial charge is 0.375 e. The maximum Gasteiger partial charge on any atom is 0.0614 e. The van der Waals surface area contributed by atoms with E-state index in [1.54, 1.807) is 0 Å². The average molecular weight is 197 g/mol. The topological polar surface area (TPSA) is 21.3 Å². The minimum Gasteiger partial charge on any atom is -0.375 e. The van der Waals surface area contributed by atoms with Crippen LogP contribution in [0.3, 0.4) is 0 Å². The highest BCUT2D eigenvalue weighted by Crippen LogP contribution is 2.21. The van der Waals surface area contributed by atoms with Crippen molar-refractivity contribution in [3.8, 4) is 0 Å². The molecule has 2 atom stereocenters. The Labute approximate surface area is 87.7 Å². The van der Waals surface area contributed by atoms with E-state index < -0.39 is 0 Å². The van der Waals surface area contributed by atoms with Gasteiger partial charge in [-0.25, -0.2) is 0 Å². The van der Waals surface area contributed by atoms with Gasteiger partial charge in [-0.3, -0.25) is 0 Å². The Hall–Kier alpha value is -0.340. The molecular formula is C12H23NO. The molecular weight excluding hydrogens is 174 g/mol. The van der Waals surface area contributed by atoms with Gasteiger partial charge in [-0.2, -0.15) is 0 Å². The van der Waals surface area contributed by atoms with Crippen LogP contribution in [0.1, 0.15) is 39.5 Å². The summed E-state index contributed by atoms with van der Waals surface area (Å²) in [5, 5.41) is 3.30. The Kier molecular flexibility index (Phi) is 5.88. The fourth-order valence-electron chi connectivity index (χ4n) is 1.79. The summed E-state index contributed by atoms with van der Waals surface area (Å²) < 4.78 is 5.72. The standard InChI is InChI=1S/C12H23NO/c1-3-13-10-6-4-5-7-12-9-8-11(2)14-12/h4-5,11-13H,3,6-10H2,1-2H3/b5-4+. The van der Waals surface area contributed by atoms with Crippen molar-refractivity contribution in [3.05, 3.63) is 12.2 Å². The quantitative estimate of drug-likeness (QED) is 0.522. The van der Waals surface area contributed by atoms with E-state index in [9.17, 15) is 0 Å². The third kappa shape index (κ3) is 4.77. The normalized spacial score (nSPS) is 27.6. The molecule has 82 valence electrons. The minimum absolute atomic E-state index is 0.482. The van der Waals surface area contributed by atoms with E-state index in [2.05, 4.69) is 31.3 Å². The van der Waals surface area contributed by atoms with Crippen LogP contribution < -0.4 is 5.32 Å². The van der Waals surface area contributed by atoms with E-state index >= 15 is 0 Å². The first kappa shape index (κ1) is 11.7. The van der Waals surface area contributed by atoms with E-state index in [1.807, 2.05) is 0 Å². The second kappa shape index (κ2) is 7.02. The maximum absolute atomic E-state index is 5.72. The minimum atomic E-state index is 0.482. The van der Waals surface area contributed by atoms with Gasteiger partial charge in [0, 0.05) is 0 Å². The third-order valence-electron chi connectivity index (χ3n) is 2.62. The van der Waals surface area contributed by atoms with Crippen LogP contribution in [0.5, 0.6) is 0 Å². The van der Waals surface area contributed by atoms with Crippen molar-refractivity contribution in [1.29, 1.82) is 0 Å². The van der Waals surface area contributed by atoms with Gasteiger partial charge in [0.05, 0.1) is 12.2 Å². The lowest BCUT2D eigenvalue weighted by Gasteiger charge is -2.07. The van der Waals surface area contributed by atoms with Crippen molar-refractivity contribution in [2.45, 2.75) is 51.7 Å². The molecule has 0 spiro atoms. The van der Waals surface area contributed by atoms with Gasteiger partial charge in [0.2, 0.25) is 0 Å². The Bertz CT molecular complexity index is 168. The van der Waals surface area contributed by atoms with Crippen LogP contribution in [0.15, 0.2) is 12.2 Å². The second-order valence-corrected chi connectivity index (χ2v) is 4.00. The Balaban J connectivity index is 1.97. The van der Waals surface area contributed by atoms with Crippen LogP contribution in [0, 0.1) is 0 Å². The lowest BCUT2D eigenvalue weighted by molar-refractivity contribution is 0.0579. The van der Waals surface area contributed by atoms with Gasteiger partial charge in [0.1, 0.15) is 0 Å². The first-order chi connectivity index (χ1) is 6.83. The summed E-state index contributed by atoms with van der Waals surface area (Å²) in [6, 6.07) is 0. The zero-order valence-corrected chi connectivity index (χ0v) is 9.46. The van der Waals surface area contributed by atoms with Gasteiger partial charge >= 0.3 is 0 Å². The van der Waals surface area contributed by atoms with Crippen LogP contribution >= 0.6 is 0 Å². The van der Waals surface area contributed by atoms with Crippen molar-refractivity contribution >= 4 is 0 Å². The summed E-state index contributed by atoms with van der Waals surface area (Å²) in [6.07, 6.45) is 10.2. The van der Waals surface area contributed by atoms with Crippen molar-refractivity contribution in [1.82, 2.24) is 5.32 Å². The molecule has 2 unspecified atom stereocenters. The van der Waals surface area contributed by atoms with Gasteiger partial charge in [-0.15, -0.1) is 0 Å². The van der Waals surface area contributed by atoms with E-state index in [4.69, 9.17) is 4.74 Å². The molecule has 1 aliphatic rings. The maximum atomic E-state index is 5.72. The molecule has 1 rings (SSSR count). The molecule has 0 aromatic rings. The molecule has 14 heavy (non-hydrogen) atoms. The summed E-state index contributed by atoms with van der Waals surface area (Å²) in [4.78, 5) is 0. The van der Waals surface area contributed by atoms with Gasteiger partial charge in [0.15, 0.2) is 0 Å². The molecule has 0 aromatic heterocycles. The van der Waals surface area contributed by atoms with E-state index in [0.717, 1.165) is 25.9 Å². The van der Waals surface area contributed by atoms with Crippen molar-refractivity contribution in [3.63, 3.8) is 0 Å². The fraction of sp³-hybridized carbons (Fsp3) is 0.833. The lowest BCUT2D eigenvalue weighted by atomic mass is 10.1. The fourth-order valence-corrected chi connectivity index (χ4v) is 1.79.